The second-order valence-corrected chi connectivity index (χ2v) is 11.5. The standard InChI is InChI=1S/C33H43F3O2/c1-3-5-6-8-23-11-18-27(30(34)21-23)24-14-16-26(17-15-24)38-33(37)29-20-19-28(31(35)32(29)36)25-12-9-22(7-4-2)10-13-25/h11,18-22,24-26H,3-10,12-17H2,1-2H3. The summed E-state index contributed by atoms with van der Waals surface area (Å²) >= 11 is 0. The van der Waals surface area contributed by atoms with Gasteiger partial charge in [0.1, 0.15) is 11.9 Å². The predicted molar refractivity (Wildman–Crippen MR) is 146 cm³/mol. The zero-order chi connectivity index (χ0) is 27.1. The number of rotatable bonds is 10. The number of carbonyl (C=O) groups excluding carboxylic acids is 1. The highest BCUT2D eigenvalue weighted by atomic mass is 19.2. The number of halogens is 3. The second kappa shape index (κ2) is 13.7. The highest BCUT2D eigenvalue weighted by molar-refractivity contribution is 5.90. The van der Waals surface area contributed by atoms with E-state index in [-0.39, 0.29) is 29.3 Å². The van der Waals surface area contributed by atoms with Gasteiger partial charge in [0.05, 0.1) is 5.56 Å². The maximum absolute atomic E-state index is 15.0. The van der Waals surface area contributed by atoms with Gasteiger partial charge in [-0.3, -0.25) is 0 Å². The molecule has 38 heavy (non-hydrogen) atoms. The van der Waals surface area contributed by atoms with E-state index in [1.54, 1.807) is 12.1 Å². The number of aryl methyl sites for hydroxylation is 1. The van der Waals surface area contributed by atoms with Crippen LogP contribution >= 0.6 is 0 Å². The predicted octanol–water partition coefficient (Wildman–Crippen LogP) is 9.79. The molecule has 0 heterocycles. The minimum atomic E-state index is -1.10. The molecule has 0 spiro atoms. The van der Waals surface area contributed by atoms with Crippen LogP contribution in [0.4, 0.5) is 13.2 Å². The molecule has 5 heteroatoms. The first kappa shape index (κ1) is 28.7. The molecule has 0 N–H and O–H groups in total. The van der Waals surface area contributed by atoms with Crippen LogP contribution in [-0.2, 0) is 11.2 Å². The number of unbranched alkanes of at least 4 members (excludes halogenated alkanes) is 2. The van der Waals surface area contributed by atoms with E-state index in [1.165, 1.54) is 12.5 Å². The third-order valence-electron chi connectivity index (χ3n) is 8.84. The fourth-order valence-electron chi connectivity index (χ4n) is 6.55. The molecule has 2 saturated carbocycles. The number of carbonyl (C=O) groups is 1. The van der Waals surface area contributed by atoms with E-state index >= 15 is 4.39 Å². The van der Waals surface area contributed by atoms with Crippen LogP contribution in [0.25, 0.3) is 0 Å². The van der Waals surface area contributed by atoms with Crippen molar-refractivity contribution >= 4 is 5.97 Å². The lowest BCUT2D eigenvalue weighted by Gasteiger charge is -2.29. The van der Waals surface area contributed by atoms with E-state index in [0.29, 0.717) is 37.2 Å². The first-order valence-electron chi connectivity index (χ1n) is 14.9. The highest BCUT2D eigenvalue weighted by Gasteiger charge is 2.30. The van der Waals surface area contributed by atoms with Crippen molar-refractivity contribution in [1.29, 1.82) is 0 Å². The van der Waals surface area contributed by atoms with E-state index in [2.05, 4.69) is 13.8 Å². The van der Waals surface area contributed by atoms with Crippen molar-refractivity contribution in [3.05, 3.63) is 70.0 Å². The molecule has 0 aromatic heterocycles. The Balaban J connectivity index is 1.31. The van der Waals surface area contributed by atoms with Crippen molar-refractivity contribution in [3.8, 4) is 0 Å². The quantitative estimate of drug-likeness (QED) is 0.227. The molecule has 208 valence electrons. The Morgan fingerprint density at radius 1 is 0.789 bits per heavy atom. The molecule has 2 aromatic carbocycles. The monoisotopic (exact) mass is 528 g/mol. The van der Waals surface area contributed by atoms with E-state index in [1.807, 2.05) is 12.1 Å². The lowest BCUT2D eigenvalue weighted by atomic mass is 9.77. The van der Waals surface area contributed by atoms with E-state index in [0.717, 1.165) is 68.9 Å². The van der Waals surface area contributed by atoms with E-state index in [9.17, 15) is 13.6 Å². The second-order valence-electron chi connectivity index (χ2n) is 11.5. The minimum absolute atomic E-state index is 0.00348. The van der Waals surface area contributed by atoms with Crippen LogP contribution < -0.4 is 0 Å². The summed E-state index contributed by atoms with van der Waals surface area (Å²) in [4.78, 5) is 12.8. The molecule has 2 fully saturated rings. The topological polar surface area (TPSA) is 26.3 Å². The van der Waals surface area contributed by atoms with Gasteiger partial charge in [-0.1, -0.05) is 57.7 Å². The molecule has 0 aliphatic heterocycles. The van der Waals surface area contributed by atoms with E-state index < -0.39 is 17.6 Å². The van der Waals surface area contributed by atoms with Crippen molar-refractivity contribution in [2.45, 2.75) is 122 Å². The van der Waals surface area contributed by atoms with Gasteiger partial charge in [-0.25, -0.2) is 18.0 Å². The number of esters is 1. The molecule has 0 unspecified atom stereocenters. The molecule has 4 rings (SSSR count). The Bertz CT molecular complexity index is 1070. The van der Waals surface area contributed by atoms with Gasteiger partial charge in [0.2, 0.25) is 0 Å². The SMILES string of the molecule is CCCCCc1ccc(C2CCC(OC(=O)c3ccc(C4CCC(CCC)CC4)c(F)c3F)CC2)c(F)c1. The Kier molecular flexibility index (Phi) is 10.3. The van der Waals surface area contributed by atoms with Gasteiger partial charge in [-0.05, 0) is 111 Å². The molecule has 2 aliphatic rings. The zero-order valence-electron chi connectivity index (χ0n) is 23.0. The van der Waals surface area contributed by atoms with Gasteiger partial charge in [0, 0.05) is 0 Å². The summed E-state index contributed by atoms with van der Waals surface area (Å²) in [5.41, 5.74) is 1.80. The van der Waals surface area contributed by atoms with Gasteiger partial charge in [0.15, 0.2) is 11.6 Å². The maximum atomic E-state index is 15.0. The van der Waals surface area contributed by atoms with Gasteiger partial charge in [-0.2, -0.15) is 0 Å². The summed E-state index contributed by atoms with van der Waals surface area (Å²) < 4.78 is 50.4. The summed E-state index contributed by atoms with van der Waals surface area (Å²) in [5, 5.41) is 0. The average molecular weight is 529 g/mol. The van der Waals surface area contributed by atoms with Crippen molar-refractivity contribution in [2.75, 3.05) is 0 Å². The first-order valence-corrected chi connectivity index (χ1v) is 14.9. The van der Waals surface area contributed by atoms with Crippen molar-refractivity contribution in [1.82, 2.24) is 0 Å². The largest absolute Gasteiger partial charge is 0.459 e. The summed E-state index contributed by atoms with van der Waals surface area (Å²) in [6, 6.07) is 8.55. The van der Waals surface area contributed by atoms with Gasteiger partial charge in [-0.15, -0.1) is 0 Å². The van der Waals surface area contributed by atoms with Crippen molar-refractivity contribution in [3.63, 3.8) is 0 Å². The fraction of sp³-hybridized carbons (Fsp3) is 0.606. The Hall–Kier alpha value is -2.30. The molecule has 2 aliphatic carbocycles. The lowest BCUT2D eigenvalue weighted by molar-refractivity contribution is 0.0188. The summed E-state index contributed by atoms with van der Waals surface area (Å²) in [7, 11) is 0. The van der Waals surface area contributed by atoms with Gasteiger partial charge >= 0.3 is 5.97 Å². The number of benzene rings is 2. The number of hydrogen-bond acceptors (Lipinski definition) is 2. The van der Waals surface area contributed by atoms with Crippen molar-refractivity contribution in [2.24, 2.45) is 5.92 Å². The molecule has 2 nitrogen and oxygen atoms in total. The fourth-order valence-corrected chi connectivity index (χ4v) is 6.55. The van der Waals surface area contributed by atoms with Crippen LogP contribution in [0.3, 0.4) is 0 Å². The lowest BCUT2D eigenvalue weighted by Crippen LogP contribution is -2.25. The normalized spacial score (nSPS) is 23.8. The van der Waals surface area contributed by atoms with Crippen LogP contribution in [0.1, 0.15) is 136 Å². The molecule has 0 saturated heterocycles. The smallest absolute Gasteiger partial charge is 0.341 e. The number of hydrogen-bond donors (Lipinski definition) is 0. The molecule has 2 aromatic rings. The zero-order valence-corrected chi connectivity index (χ0v) is 23.0. The highest BCUT2D eigenvalue weighted by Crippen LogP contribution is 2.40. The molecular formula is C33H43F3O2. The molecule has 0 radical (unpaired) electrons. The van der Waals surface area contributed by atoms with E-state index in [4.69, 9.17) is 4.74 Å². The van der Waals surface area contributed by atoms with Crippen LogP contribution in [0, 0.1) is 23.4 Å². The Morgan fingerprint density at radius 3 is 2.11 bits per heavy atom. The molecule has 0 atom stereocenters. The van der Waals surface area contributed by atoms with Crippen LogP contribution in [-0.4, -0.2) is 12.1 Å². The summed E-state index contributed by atoms with van der Waals surface area (Å²) in [5.74, 6) is -2.21. The Morgan fingerprint density at radius 2 is 1.45 bits per heavy atom. The summed E-state index contributed by atoms with van der Waals surface area (Å²) in [6.45, 7) is 4.33. The first-order chi connectivity index (χ1) is 18.4. The Labute approximate surface area is 226 Å². The number of ether oxygens (including phenoxy) is 1. The van der Waals surface area contributed by atoms with Crippen molar-refractivity contribution < 1.29 is 22.7 Å². The third kappa shape index (κ3) is 7.01. The van der Waals surface area contributed by atoms with Gasteiger partial charge < -0.3 is 4.74 Å². The van der Waals surface area contributed by atoms with Crippen LogP contribution in [0.5, 0.6) is 0 Å². The molecule has 0 amide bonds. The van der Waals surface area contributed by atoms with Gasteiger partial charge in [0.25, 0.3) is 0 Å². The molecular weight excluding hydrogens is 485 g/mol. The summed E-state index contributed by atoms with van der Waals surface area (Å²) in [6.07, 6.45) is 12.6. The average Bonchev–Trinajstić information content (AvgIpc) is 2.92. The third-order valence-corrected chi connectivity index (χ3v) is 8.84. The maximum Gasteiger partial charge on any atom is 0.341 e. The molecule has 0 bridgehead atoms. The van der Waals surface area contributed by atoms with Crippen LogP contribution in [0.15, 0.2) is 30.3 Å². The minimum Gasteiger partial charge on any atom is -0.459 e. The van der Waals surface area contributed by atoms with Crippen LogP contribution in [0.2, 0.25) is 0 Å².